The second kappa shape index (κ2) is 26.9. The van der Waals surface area contributed by atoms with Gasteiger partial charge in [0, 0.05) is 47.9 Å². The van der Waals surface area contributed by atoms with Gasteiger partial charge in [0.05, 0.1) is 6.04 Å². The van der Waals surface area contributed by atoms with Crippen LogP contribution < -0.4 is 47.9 Å². The van der Waals surface area contributed by atoms with E-state index >= 15 is 0 Å². The van der Waals surface area contributed by atoms with Crippen molar-refractivity contribution in [2.75, 3.05) is 39.9 Å². The average Bonchev–Trinajstić information content (AvgIpc) is 3.80. The van der Waals surface area contributed by atoms with Gasteiger partial charge in [-0.3, -0.25) is 28.8 Å². The molecule has 3 unspecified atom stereocenters. The van der Waals surface area contributed by atoms with Crippen LogP contribution in [0.25, 0.3) is 22.3 Å². The molecule has 5 aromatic rings. The van der Waals surface area contributed by atoms with Crippen LogP contribution in [-0.2, 0) is 25.6 Å². The number of hydrogen-bond acceptors (Lipinski definition) is 13. The lowest BCUT2D eigenvalue weighted by Gasteiger charge is -2.32. The van der Waals surface area contributed by atoms with Crippen LogP contribution >= 0.6 is 23.2 Å². The number of aromatic amines is 1. The van der Waals surface area contributed by atoms with Gasteiger partial charge in [0.2, 0.25) is 41.0 Å². The normalized spacial score (nSPS) is 16.3. The number of halogens is 2. The molecular formula is C50H61Cl2N11O8. The topological polar surface area (TPSA) is 292 Å². The third kappa shape index (κ3) is 15.3. The van der Waals surface area contributed by atoms with E-state index < -0.39 is 47.7 Å². The Morgan fingerprint density at radius 1 is 0.831 bits per heavy atom. The van der Waals surface area contributed by atoms with Gasteiger partial charge >= 0.3 is 0 Å². The monoisotopic (exact) mass is 1010 g/mol. The van der Waals surface area contributed by atoms with Crippen molar-refractivity contribution in [3.05, 3.63) is 118 Å². The fourth-order valence-electron chi connectivity index (χ4n) is 7.66. The summed E-state index contributed by atoms with van der Waals surface area (Å²) in [5.74, 6) is -1.33. The Morgan fingerprint density at radius 3 is 2.04 bits per heavy atom. The predicted octanol–water partition coefficient (Wildman–Crippen LogP) is 4.12. The first-order valence-electron chi connectivity index (χ1n) is 23.1. The highest BCUT2D eigenvalue weighted by Crippen LogP contribution is 2.40. The van der Waals surface area contributed by atoms with Crippen molar-refractivity contribution < 1.29 is 38.2 Å². The molecule has 0 spiro atoms. The quantitative estimate of drug-likeness (QED) is 0.0329. The Labute approximate surface area is 422 Å². The Bertz CT molecular complexity index is 2620. The van der Waals surface area contributed by atoms with Crippen molar-refractivity contribution in [1.82, 2.24) is 41.3 Å². The highest BCUT2D eigenvalue weighted by molar-refractivity contribution is 6.30. The Hall–Kier alpha value is -6.90. The number of carbonyl (C=O) groups is 6. The van der Waals surface area contributed by atoms with Crippen molar-refractivity contribution in [3.8, 4) is 33.8 Å². The van der Waals surface area contributed by atoms with Crippen LogP contribution in [0.1, 0.15) is 78.2 Å². The highest BCUT2D eigenvalue weighted by Gasteiger charge is 2.35. The predicted molar refractivity (Wildman–Crippen MR) is 271 cm³/mol. The molecule has 2 heterocycles. The Kier molecular flexibility index (Phi) is 20.9. The van der Waals surface area contributed by atoms with Gasteiger partial charge in [-0.1, -0.05) is 48.0 Å². The van der Waals surface area contributed by atoms with E-state index in [0.717, 1.165) is 16.7 Å². The van der Waals surface area contributed by atoms with Crippen LogP contribution in [0.15, 0.2) is 84.9 Å². The maximum atomic E-state index is 14.6. The Morgan fingerprint density at radius 2 is 1.45 bits per heavy atom. The lowest BCUT2D eigenvalue weighted by atomic mass is 9.93. The maximum Gasteiger partial charge on any atom is 0.251 e. The standard InChI is InChI=1S/C44H54ClN7O6.C6H7ClN4O2/c1-27-24-29-7-17-38(57-22-20-47)35(25-29)36-26-33(14-18-39(36)58-23-21-48)40(43(55)50-28(2)41(53)49-27)52(3)44(56)37(6-4-5-19-46)51-42(54)32-10-8-30(9-11-32)31-12-15-34(45)16-13-31;1-3(8-2-12)4(13)5-9-6(7)11-10-5/h7-18,25-28,37,40H,4-6,19-24,46-48H2,1-3H3,(H,49,53)(H,50,55)(H,51,54);2-3H,1H3,(H,8,12)(H,9,10,11)/t27?,28-,37-,40?;/m0./s1. The smallest absolute Gasteiger partial charge is 0.251 e. The summed E-state index contributed by atoms with van der Waals surface area (Å²) in [7, 11) is 1.51. The summed E-state index contributed by atoms with van der Waals surface area (Å²) in [6.07, 6.45) is 2.37. The number of aromatic nitrogens is 3. The number of likely N-dealkylation sites (N-methyl/N-ethyl adjacent to an activating group) is 1. The van der Waals surface area contributed by atoms with Crippen molar-refractivity contribution in [1.29, 1.82) is 0 Å². The van der Waals surface area contributed by atoms with Gasteiger partial charge in [0.15, 0.2) is 0 Å². The van der Waals surface area contributed by atoms with Gasteiger partial charge in [-0.25, -0.2) is 5.10 Å². The lowest BCUT2D eigenvalue weighted by molar-refractivity contribution is -0.141. The largest absolute Gasteiger partial charge is 0.492 e. The van der Waals surface area contributed by atoms with Crippen molar-refractivity contribution >= 4 is 59.0 Å². The Balaban J connectivity index is 0.000000624. The van der Waals surface area contributed by atoms with Crippen LogP contribution in [0.4, 0.5) is 0 Å². The van der Waals surface area contributed by atoms with Crippen molar-refractivity contribution in [3.63, 3.8) is 0 Å². The van der Waals surface area contributed by atoms with Crippen LogP contribution in [-0.4, -0.2) is 120 Å². The van der Waals surface area contributed by atoms with Crippen LogP contribution in [0.2, 0.25) is 10.3 Å². The van der Waals surface area contributed by atoms with Crippen LogP contribution in [0, 0.1) is 0 Å². The highest BCUT2D eigenvalue weighted by atomic mass is 35.5. The number of rotatable bonds is 19. The van der Waals surface area contributed by atoms with E-state index in [-0.39, 0.29) is 55.8 Å². The lowest BCUT2D eigenvalue weighted by Crippen LogP contribution is -2.54. The molecule has 71 heavy (non-hydrogen) atoms. The summed E-state index contributed by atoms with van der Waals surface area (Å²) in [5.41, 5.74) is 22.3. The molecule has 378 valence electrons. The first-order chi connectivity index (χ1) is 34.1. The molecule has 0 aliphatic carbocycles. The SMILES string of the molecule is CC(NC=O)C(=O)c1n[nH]c(Cl)n1.CC1Cc2ccc(OCCN)c(c2)-c2cc(ccc2OCCN)C(N(C)C(=O)[C@H](CCCCN)NC(=O)c2ccc(-c3ccc(Cl)cc3)cc2)C(=O)N[C@@H](C)C(=O)N1. The first-order valence-corrected chi connectivity index (χ1v) is 23.8. The zero-order valence-electron chi connectivity index (χ0n) is 40.0. The van der Waals surface area contributed by atoms with E-state index in [1.165, 1.54) is 18.9 Å². The van der Waals surface area contributed by atoms with Gasteiger partial charge in [-0.15, -0.1) is 5.10 Å². The number of nitrogens with two attached hydrogens (primary N) is 3. The molecule has 1 aromatic heterocycles. The van der Waals surface area contributed by atoms with Gasteiger partial charge in [0.1, 0.15) is 42.8 Å². The van der Waals surface area contributed by atoms with Gasteiger partial charge < -0.3 is 52.8 Å². The van der Waals surface area contributed by atoms with E-state index in [0.29, 0.717) is 71.0 Å². The van der Waals surface area contributed by atoms with E-state index in [2.05, 4.69) is 36.4 Å². The summed E-state index contributed by atoms with van der Waals surface area (Å²) in [6, 6.07) is 21.3. The number of amides is 5. The summed E-state index contributed by atoms with van der Waals surface area (Å²) < 4.78 is 12.2. The van der Waals surface area contributed by atoms with Crippen LogP contribution in [0.5, 0.6) is 11.5 Å². The molecule has 0 fully saturated rings. The van der Waals surface area contributed by atoms with E-state index in [4.69, 9.17) is 49.9 Å². The molecule has 21 heteroatoms. The molecule has 0 saturated heterocycles. The van der Waals surface area contributed by atoms with E-state index in [1.807, 2.05) is 49.4 Å². The number of unbranched alkanes of at least 4 members (excludes halogenated alkanes) is 1. The summed E-state index contributed by atoms with van der Waals surface area (Å²) in [5, 5.41) is 17.6. The maximum absolute atomic E-state index is 14.6. The summed E-state index contributed by atoms with van der Waals surface area (Å²) in [4.78, 5) is 82.4. The number of hydrogen-bond donors (Lipinski definition) is 8. The molecule has 0 radical (unpaired) electrons. The number of ether oxygens (including phenoxy) is 2. The molecule has 11 N–H and O–H groups in total. The third-order valence-electron chi connectivity index (χ3n) is 11.3. The van der Waals surface area contributed by atoms with Gasteiger partial charge in [0.25, 0.3) is 5.91 Å². The number of fused-ring (bicyclic) bond motifs is 5. The van der Waals surface area contributed by atoms with Crippen LogP contribution in [0.3, 0.4) is 0 Å². The number of H-pyrrole nitrogens is 1. The van der Waals surface area contributed by atoms with Gasteiger partial charge in [-0.05, 0) is 135 Å². The molecule has 6 rings (SSSR count). The van der Waals surface area contributed by atoms with E-state index in [1.54, 1.807) is 49.4 Å². The molecule has 5 atom stereocenters. The molecule has 4 aromatic carbocycles. The second-order valence-electron chi connectivity index (χ2n) is 16.8. The zero-order chi connectivity index (χ0) is 51.6. The fourth-order valence-corrected chi connectivity index (χ4v) is 7.91. The number of carbonyl (C=O) groups excluding carboxylic acids is 6. The number of nitrogens with zero attached hydrogens (tertiary/aromatic N) is 3. The molecule has 0 saturated carbocycles. The number of benzene rings is 4. The molecule has 1 aliphatic rings. The molecule has 19 nitrogen and oxygen atoms in total. The second-order valence-corrected chi connectivity index (χ2v) is 17.6. The molecular weight excluding hydrogens is 954 g/mol. The first kappa shape index (κ1) is 55.0. The molecule has 5 amide bonds. The number of ketones is 1. The summed E-state index contributed by atoms with van der Waals surface area (Å²) in [6.45, 7) is 6.43. The molecule has 1 aliphatic heterocycles. The minimum absolute atomic E-state index is 0.0353. The average molecular weight is 1020 g/mol. The summed E-state index contributed by atoms with van der Waals surface area (Å²) >= 11 is 11.5. The minimum Gasteiger partial charge on any atom is -0.492 e. The van der Waals surface area contributed by atoms with E-state index in [9.17, 15) is 28.8 Å². The van der Waals surface area contributed by atoms with Crippen molar-refractivity contribution in [2.45, 2.75) is 76.7 Å². The number of nitrogens with one attached hydrogen (secondary N) is 5. The number of Topliss-reactive ketones (excluding diaryl/α,β-unsaturated/α-hetero) is 1. The third-order valence-corrected chi connectivity index (χ3v) is 11.8. The minimum atomic E-state index is -1.24. The van der Waals surface area contributed by atoms with Gasteiger partial charge in [-0.2, -0.15) is 4.98 Å². The van der Waals surface area contributed by atoms with Crippen molar-refractivity contribution in [2.24, 2.45) is 17.2 Å². The zero-order valence-corrected chi connectivity index (χ0v) is 41.5. The molecule has 4 bridgehead atoms. The fraction of sp³-hybridized carbons (Fsp3) is 0.360.